The standard InChI is InChI=1S/C11H18O7S.H3N/c1-3-5-10(12)18-8-9(4-2)11(13)17-6-7-19(14,15)16;/h3,5,9H,4,6-8H2,1-2H3,(H,14,15,16);1H3. The van der Waals surface area contributed by atoms with Gasteiger partial charge in [-0.1, -0.05) is 13.0 Å². The van der Waals surface area contributed by atoms with E-state index < -0.39 is 40.3 Å². The van der Waals surface area contributed by atoms with E-state index in [0.29, 0.717) is 6.42 Å². The van der Waals surface area contributed by atoms with E-state index >= 15 is 0 Å². The molecular formula is C11H21NO7S. The van der Waals surface area contributed by atoms with Crippen LogP contribution < -0.4 is 6.15 Å². The predicted octanol–water partition coefficient (Wildman–Crippen LogP) is 0.725. The Kier molecular flexibility index (Phi) is 10.8. The number of hydrogen-bond donors (Lipinski definition) is 2. The monoisotopic (exact) mass is 311 g/mol. The first-order chi connectivity index (χ1) is 8.80. The third-order valence-electron chi connectivity index (χ3n) is 2.14. The quantitative estimate of drug-likeness (QED) is 0.379. The maximum atomic E-state index is 11.5. The van der Waals surface area contributed by atoms with Crippen LogP contribution in [-0.2, 0) is 29.2 Å². The summed E-state index contributed by atoms with van der Waals surface area (Å²) >= 11 is 0. The van der Waals surface area contributed by atoms with E-state index in [2.05, 4.69) is 4.74 Å². The van der Waals surface area contributed by atoms with E-state index in [-0.39, 0.29) is 12.8 Å². The molecule has 0 aliphatic rings. The normalized spacial score (nSPS) is 12.6. The lowest BCUT2D eigenvalue weighted by Crippen LogP contribution is -2.25. The fraction of sp³-hybridized carbons (Fsp3) is 0.636. The number of rotatable bonds is 8. The van der Waals surface area contributed by atoms with Crippen LogP contribution in [0.5, 0.6) is 0 Å². The Morgan fingerprint density at radius 3 is 2.35 bits per heavy atom. The summed E-state index contributed by atoms with van der Waals surface area (Å²) in [7, 11) is -4.16. The minimum absolute atomic E-state index is 0. The van der Waals surface area contributed by atoms with Crippen LogP contribution in [0.25, 0.3) is 0 Å². The number of carbonyl (C=O) groups is 2. The van der Waals surface area contributed by atoms with Gasteiger partial charge in [-0.15, -0.1) is 0 Å². The predicted molar refractivity (Wildman–Crippen MR) is 72.0 cm³/mol. The first-order valence-corrected chi connectivity index (χ1v) is 7.32. The number of esters is 2. The Morgan fingerprint density at radius 2 is 1.90 bits per heavy atom. The summed E-state index contributed by atoms with van der Waals surface area (Å²) in [4.78, 5) is 22.6. The molecule has 0 rings (SSSR count). The zero-order valence-corrected chi connectivity index (χ0v) is 12.4. The molecule has 0 aromatic rings. The summed E-state index contributed by atoms with van der Waals surface area (Å²) in [6.07, 6.45) is 3.11. The van der Waals surface area contributed by atoms with Crippen molar-refractivity contribution in [3.05, 3.63) is 12.2 Å². The van der Waals surface area contributed by atoms with Gasteiger partial charge in [-0.2, -0.15) is 8.42 Å². The van der Waals surface area contributed by atoms with Crippen LogP contribution in [-0.4, -0.2) is 43.9 Å². The van der Waals surface area contributed by atoms with Crippen LogP contribution in [0.3, 0.4) is 0 Å². The van der Waals surface area contributed by atoms with Crippen molar-refractivity contribution < 1.29 is 32.0 Å². The summed E-state index contributed by atoms with van der Waals surface area (Å²) in [6.45, 7) is 2.79. The number of allylic oxidation sites excluding steroid dienone is 1. The Morgan fingerprint density at radius 1 is 1.30 bits per heavy atom. The lowest BCUT2D eigenvalue weighted by atomic mass is 10.1. The average molecular weight is 311 g/mol. The van der Waals surface area contributed by atoms with Crippen molar-refractivity contribution in [3.8, 4) is 0 Å². The Hall–Kier alpha value is -1.45. The molecule has 0 bridgehead atoms. The molecule has 0 spiro atoms. The van der Waals surface area contributed by atoms with Gasteiger partial charge < -0.3 is 15.6 Å². The maximum Gasteiger partial charge on any atom is 0.330 e. The van der Waals surface area contributed by atoms with Gasteiger partial charge in [0.1, 0.15) is 19.0 Å². The minimum Gasteiger partial charge on any atom is -0.464 e. The molecule has 1 unspecified atom stereocenters. The first kappa shape index (κ1) is 20.9. The Bertz CT molecular complexity index is 430. The molecule has 9 heteroatoms. The highest BCUT2D eigenvalue weighted by molar-refractivity contribution is 7.85. The van der Waals surface area contributed by atoms with E-state index in [1.165, 1.54) is 12.2 Å². The molecule has 4 N–H and O–H groups in total. The van der Waals surface area contributed by atoms with Crippen LogP contribution in [0.2, 0.25) is 0 Å². The SMILES string of the molecule is CC=CC(=O)OCC(CC)C(=O)OCCS(=O)(=O)O.N. The molecule has 0 aromatic carbocycles. The summed E-state index contributed by atoms with van der Waals surface area (Å²) in [5.74, 6) is -2.55. The van der Waals surface area contributed by atoms with E-state index in [4.69, 9.17) is 9.29 Å². The van der Waals surface area contributed by atoms with Gasteiger partial charge in [-0.3, -0.25) is 9.35 Å². The molecule has 118 valence electrons. The number of carbonyl (C=O) groups excluding carboxylic acids is 2. The van der Waals surface area contributed by atoms with Gasteiger partial charge >= 0.3 is 11.9 Å². The molecule has 0 amide bonds. The highest BCUT2D eigenvalue weighted by atomic mass is 32.2. The van der Waals surface area contributed by atoms with Crippen molar-refractivity contribution in [1.82, 2.24) is 6.15 Å². The fourth-order valence-corrected chi connectivity index (χ4v) is 1.38. The van der Waals surface area contributed by atoms with Gasteiger partial charge in [0.05, 0.1) is 5.92 Å². The van der Waals surface area contributed by atoms with Gasteiger partial charge in [0, 0.05) is 6.08 Å². The molecule has 0 saturated carbocycles. The van der Waals surface area contributed by atoms with Gasteiger partial charge in [-0.25, -0.2) is 4.79 Å². The third kappa shape index (κ3) is 10.5. The van der Waals surface area contributed by atoms with Crippen molar-refractivity contribution in [1.29, 1.82) is 0 Å². The van der Waals surface area contributed by atoms with Crippen LogP contribution in [0.4, 0.5) is 0 Å². The molecule has 20 heavy (non-hydrogen) atoms. The highest BCUT2D eigenvalue weighted by Gasteiger charge is 2.20. The summed E-state index contributed by atoms with van der Waals surface area (Å²) in [5, 5.41) is 0. The third-order valence-corrected chi connectivity index (χ3v) is 2.82. The van der Waals surface area contributed by atoms with E-state index in [0.717, 1.165) is 0 Å². The molecular weight excluding hydrogens is 290 g/mol. The Labute approximate surface area is 118 Å². The van der Waals surface area contributed by atoms with Crippen LogP contribution in [0.15, 0.2) is 12.2 Å². The van der Waals surface area contributed by atoms with Gasteiger partial charge in [0.15, 0.2) is 0 Å². The van der Waals surface area contributed by atoms with E-state index in [9.17, 15) is 18.0 Å². The molecule has 0 saturated heterocycles. The molecule has 0 aromatic heterocycles. The van der Waals surface area contributed by atoms with Crippen LogP contribution >= 0.6 is 0 Å². The summed E-state index contributed by atoms with van der Waals surface area (Å²) < 4.78 is 38.8. The summed E-state index contributed by atoms with van der Waals surface area (Å²) in [6, 6.07) is 0. The van der Waals surface area contributed by atoms with Crippen molar-refractivity contribution in [2.24, 2.45) is 5.92 Å². The number of ether oxygens (including phenoxy) is 2. The minimum atomic E-state index is -4.16. The zero-order chi connectivity index (χ0) is 14.9. The molecule has 1 atom stereocenters. The second kappa shape index (κ2) is 10.4. The molecule has 0 heterocycles. The number of hydrogen-bond acceptors (Lipinski definition) is 7. The average Bonchev–Trinajstić information content (AvgIpc) is 2.28. The van der Waals surface area contributed by atoms with Gasteiger partial charge in [0.25, 0.3) is 10.1 Å². The van der Waals surface area contributed by atoms with Crippen molar-refractivity contribution in [2.75, 3.05) is 19.0 Å². The summed E-state index contributed by atoms with van der Waals surface area (Å²) in [5.41, 5.74) is 0. The van der Waals surface area contributed by atoms with E-state index in [1.807, 2.05) is 0 Å². The van der Waals surface area contributed by atoms with Crippen LogP contribution in [0.1, 0.15) is 20.3 Å². The lowest BCUT2D eigenvalue weighted by Gasteiger charge is -2.13. The topological polar surface area (TPSA) is 142 Å². The van der Waals surface area contributed by atoms with Gasteiger partial charge in [-0.05, 0) is 13.3 Å². The van der Waals surface area contributed by atoms with Crippen LogP contribution in [0, 0.1) is 5.92 Å². The van der Waals surface area contributed by atoms with Crippen molar-refractivity contribution in [3.63, 3.8) is 0 Å². The molecule has 0 aliphatic carbocycles. The van der Waals surface area contributed by atoms with Crippen molar-refractivity contribution >= 4 is 22.1 Å². The smallest absolute Gasteiger partial charge is 0.330 e. The lowest BCUT2D eigenvalue weighted by molar-refractivity contribution is -0.152. The molecule has 0 radical (unpaired) electrons. The first-order valence-electron chi connectivity index (χ1n) is 5.71. The second-order valence-electron chi connectivity index (χ2n) is 3.69. The fourth-order valence-electron chi connectivity index (χ4n) is 1.08. The zero-order valence-electron chi connectivity index (χ0n) is 11.6. The second-order valence-corrected chi connectivity index (χ2v) is 5.26. The molecule has 8 nitrogen and oxygen atoms in total. The van der Waals surface area contributed by atoms with Gasteiger partial charge in [0.2, 0.25) is 0 Å². The molecule has 0 aliphatic heterocycles. The van der Waals surface area contributed by atoms with Crippen molar-refractivity contribution in [2.45, 2.75) is 20.3 Å². The molecule has 0 fully saturated rings. The maximum absolute atomic E-state index is 11.5. The largest absolute Gasteiger partial charge is 0.464 e. The Balaban J connectivity index is 0. The van der Waals surface area contributed by atoms with E-state index in [1.54, 1.807) is 13.8 Å². The highest BCUT2D eigenvalue weighted by Crippen LogP contribution is 2.06.